The number of likely N-dealkylation sites (tertiary alicyclic amines) is 1. The molecule has 25 heavy (non-hydrogen) atoms. The van der Waals surface area contributed by atoms with Gasteiger partial charge in [0.25, 0.3) is 11.8 Å². The Balaban J connectivity index is 1.58. The van der Waals surface area contributed by atoms with Crippen molar-refractivity contribution in [2.75, 3.05) is 19.7 Å². The lowest BCUT2D eigenvalue weighted by atomic mass is 9.98. The second kappa shape index (κ2) is 6.84. The molecule has 1 fully saturated rings. The average Bonchev–Trinajstić information content (AvgIpc) is 3.02. The topological polar surface area (TPSA) is 101 Å². The first-order chi connectivity index (χ1) is 12.0. The Bertz CT molecular complexity index is 772. The van der Waals surface area contributed by atoms with Gasteiger partial charge in [0.15, 0.2) is 6.61 Å². The van der Waals surface area contributed by atoms with Crippen LogP contribution in [0.4, 0.5) is 0 Å². The molecule has 8 nitrogen and oxygen atoms in total. The molecule has 1 saturated heterocycles. The number of benzene rings is 1. The summed E-state index contributed by atoms with van der Waals surface area (Å²) in [6, 6.07) is 6.68. The van der Waals surface area contributed by atoms with Gasteiger partial charge in [-0.15, -0.1) is 0 Å². The number of carbonyl (C=O) groups is 5. The second-order valence-electron chi connectivity index (χ2n) is 5.82. The molecular formula is C17H16N2O6. The maximum atomic E-state index is 12.3. The van der Waals surface area contributed by atoms with E-state index in [1.54, 1.807) is 24.3 Å². The average molecular weight is 344 g/mol. The molecule has 0 spiro atoms. The van der Waals surface area contributed by atoms with Crippen molar-refractivity contribution >= 4 is 29.6 Å². The fourth-order valence-corrected chi connectivity index (χ4v) is 2.87. The van der Waals surface area contributed by atoms with Crippen molar-refractivity contribution in [1.82, 2.24) is 9.80 Å². The summed E-state index contributed by atoms with van der Waals surface area (Å²) in [5.74, 6) is -2.83. The fourth-order valence-electron chi connectivity index (χ4n) is 2.87. The monoisotopic (exact) mass is 344 g/mol. The lowest BCUT2D eigenvalue weighted by Gasteiger charge is -2.25. The van der Waals surface area contributed by atoms with Crippen LogP contribution in [0.5, 0.6) is 0 Å². The molecule has 0 unspecified atom stereocenters. The zero-order chi connectivity index (χ0) is 18.0. The molecular weight excluding hydrogens is 328 g/mol. The Morgan fingerprint density at radius 2 is 1.84 bits per heavy atom. The third kappa shape index (κ3) is 3.42. The van der Waals surface area contributed by atoms with Gasteiger partial charge < -0.3 is 4.74 Å². The van der Waals surface area contributed by atoms with Crippen LogP contribution >= 0.6 is 0 Å². The largest absolute Gasteiger partial charge is 0.454 e. The Hall–Kier alpha value is -3.03. The van der Waals surface area contributed by atoms with Gasteiger partial charge in [-0.3, -0.25) is 33.8 Å². The zero-order valence-corrected chi connectivity index (χ0v) is 13.4. The van der Waals surface area contributed by atoms with Crippen molar-refractivity contribution in [3.63, 3.8) is 0 Å². The lowest BCUT2D eigenvalue weighted by Crippen LogP contribution is -2.46. The predicted octanol–water partition coefficient (Wildman–Crippen LogP) is -0.0963. The summed E-state index contributed by atoms with van der Waals surface area (Å²) in [4.78, 5) is 61.4. The number of nitrogens with zero attached hydrogens (tertiary/aromatic N) is 2. The summed E-state index contributed by atoms with van der Waals surface area (Å²) in [5, 5.41) is 0. The van der Waals surface area contributed by atoms with Gasteiger partial charge in [0.1, 0.15) is 6.54 Å². The van der Waals surface area contributed by atoms with Crippen LogP contribution in [0.15, 0.2) is 24.3 Å². The van der Waals surface area contributed by atoms with Crippen molar-refractivity contribution < 1.29 is 28.7 Å². The summed E-state index contributed by atoms with van der Waals surface area (Å²) in [5.41, 5.74) is 0.985. The van der Waals surface area contributed by atoms with Crippen molar-refractivity contribution in [2.45, 2.75) is 19.3 Å². The molecule has 2 aliphatic heterocycles. The SMILES string of the molecule is O=C(CN1C(=O)Cc2ccccc2C1=O)OCC(=O)N1CCCC1=O. The molecule has 0 atom stereocenters. The minimum Gasteiger partial charge on any atom is -0.454 e. The van der Waals surface area contributed by atoms with E-state index in [9.17, 15) is 24.0 Å². The first-order valence-electron chi connectivity index (χ1n) is 7.89. The molecule has 0 radical (unpaired) electrons. The van der Waals surface area contributed by atoms with E-state index in [4.69, 9.17) is 4.74 Å². The standard InChI is InChI=1S/C17H16N2O6/c20-13-6-3-7-18(13)15(22)10-25-16(23)9-19-14(21)8-11-4-1-2-5-12(11)17(19)24/h1-2,4-5H,3,6-10H2. The van der Waals surface area contributed by atoms with E-state index in [1.807, 2.05) is 0 Å². The maximum absolute atomic E-state index is 12.3. The van der Waals surface area contributed by atoms with Gasteiger partial charge in [0.05, 0.1) is 6.42 Å². The first kappa shape index (κ1) is 16.8. The quantitative estimate of drug-likeness (QED) is 0.559. The molecule has 2 heterocycles. The van der Waals surface area contributed by atoms with Crippen LogP contribution in [0, 0.1) is 0 Å². The van der Waals surface area contributed by atoms with Crippen LogP contribution in [0.2, 0.25) is 0 Å². The Morgan fingerprint density at radius 3 is 2.56 bits per heavy atom. The van der Waals surface area contributed by atoms with Crippen LogP contribution in [-0.2, 0) is 30.3 Å². The fraction of sp³-hybridized carbons (Fsp3) is 0.353. The molecule has 1 aromatic carbocycles. The zero-order valence-electron chi connectivity index (χ0n) is 13.4. The van der Waals surface area contributed by atoms with E-state index in [0.717, 1.165) is 9.80 Å². The number of amides is 4. The van der Waals surface area contributed by atoms with E-state index >= 15 is 0 Å². The molecule has 0 N–H and O–H groups in total. The number of carbonyl (C=O) groups excluding carboxylic acids is 5. The highest BCUT2D eigenvalue weighted by atomic mass is 16.5. The summed E-state index contributed by atoms with van der Waals surface area (Å²) in [7, 11) is 0. The number of esters is 1. The van der Waals surface area contributed by atoms with E-state index in [0.29, 0.717) is 30.5 Å². The Kier molecular flexibility index (Phi) is 4.60. The Labute approximate surface area is 143 Å². The molecule has 4 amide bonds. The molecule has 0 bridgehead atoms. The van der Waals surface area contributed by atoms with Crippen molar-refractivity contribution in [3.05, 3.63) is 35.4 Å². The van der Waals surface area contributed by atoms with Gasteiger partial charge in [-0.05, 0) is 18.1 Å². The van der Waals surface area contributed by atoms with E-state index in [2.05, 4.69) is 0 Å². The third-order valence-electron chi connectivity index (χ3n) is 4.15. The van der Waals surface area contributed by atoms with Crippen LogP contribution < -0.4 is 0 Å². The van der Waals surface area contributed by atoms with Gasteiger partial charge in [0, 0.05) is 18.5 Å². The number of hydrogen-bond acceptors (Lipinski definition) is 6. The molecule has 0 aliphatic carbocycles. The summed E-state index contributed by atoms with van der Waals surface area (Å²) in [6.07, 6.45) is 0.918. The smallest absolute Gasteiger partial charge is 0.326 e. The minimum absolute atomic E-state index is 0.0242. The molecule has 0 aromatic heterocycles. The van der Waals surface area contributed by atoms with Crippen LogP contribution in [0.25, 0.3) is 0 Å². The normalized spacial score (nSPS) is 16.9. The van der Waals surface area contributed by atoms with E-state index in [-0.39, 0.29) is 12.3 Å². The number of imide groups is 2. The van der Waals surface area contributed by atoms with Crippen LogP contribution in [-0.4, -0.2) is 59.1 Å². The van der Waals surface area contributed by atoms with Gasteiger partial charge in [-0.25, -0.2) is 0 Å². The number of ether oxygens (including phenoxy) is 1. The molecule has 0 saturated carbocycles. The summed E-state index contributed by atoms with van der Waals surface area (Å²) < 4.78 is 4.82. The first-order valence-corrected chi connectivity index (χ1v) is 7.89. The van der Waals surface area contributed by atoms with E-state index in [1.165, 1.54) is 0 Å². The second-order valence-corrected chi connectivity index (χ2v) is 5.82. The van der Waals surface area contributed by atoms with Crippen LogP contribution in [0.3, 0.4) is 0 Å². The Morgan fingerprint density at radius 1 is 1.08 bits per heavy atom. The number of fused-ring (bicyclic) bond motifs is 1. The molecule has 130 valence electrons. The number of rotatable bonds is 4. The van der Waals surface area contributed by atoms with Gasteiger partial charge in [-0.1, -0.05) is 18.2 Å². The highest BCUT2D eigenvalue weighted by molar-refractivity contribution is 6.11. The molecule has 3 rings (SSSR count). The maximum Gasteiger partial charge on any atom is 0.326 e. The number of hydrogen-bond donors (Lipinski definition) is 0. The molecule has 1 aromatic rings. The summed E-state index contributed by atoms with van der Waals surface area (Å²) >= 11 is 0. The third-order valence-corrected chi connectivity index (χ3v) is 4.15. The lowest BCUT2D eigenvalue weighted by molar-refractivity contribution is -0.156. The van der Waals surface area contributed by atoms with Gasteiger partial charge in [0.2, 0.25) is 11.8 Å². The van der Waals surface area contributed by atoms with Crippen molar-refractivity contribution in [1.29, 1.82) is 0 Å². The van der Waals surface area contributed by atoms with Gasteiger partial charge >= 0.3 is 5.97 Å². The predicted molar refractivity (Wildman–Crippen MR) is 83.1 cm³/mol. The van der Waals surface area contributed by atoms with Gasteiger partial charge in [-0.2, -0.15) is 0 Å². The minimum atomic E-state index is -0.874. The van der Waals surface area contributed by atoms with Crippen LogP contribution in [0.1, 0.15) is 28.8 Å². The highest BCUT2D eigenvalue weighted by Gasteiger charge is 2.33. The van der Waals surface area contributed by atoms with Crippen molar-refractivity contribution in [3.8, 4) is 0 Å². The molecule has 2 aliphatic rings. The highest BCUT2D eigenvalue weighted by Crippen LogP contribution is 2.19. The molecule has 8 heteroatoms. The van der Waals surface area contributed by atoms with E-state index < -0.39 is 36.8 Å². The van der Waals surface area contributed by atoms with Crippen molar-refractivity contribution in [2.24, 2.45) is 0 Å². The summed E-state index contributed by atoms with van der Waals surface area (Å²) in [6.45, 7) is -0.834.